The normalized spacial score (nSPS) is 33.1. The van der Waals surface area contributed by atoms with Gasteiger partial charge in [-0.3, -0.25) is 4.79 Å². The van der Waals surface area contributed by atoms with E-state index in [0.29, 0.717) is 28.5 Å². The fourth-order valence-electron chi connectivity index (χ4n) is 3.50. The molecule has 0 aromatic heterocycles. The molecule has 4 unspecified atom stereocenters. The number of hydrogen-bond acceptors (Lipinski definition) is 1. The SMILES string of the molecule is CC(C)CC(Br)CNC(=O)C1CC2CCC1C2. The van der Waals surface area contributed by atoms with Crippen LogP contribution < -0.4 is 5.32 Å². The summed E-state index contributed by atoms with van der Waals surface area (Å²) in [4.78, 5) is 12.5. The Labute approximate surface area is 113 Å². The lowest BCUT2D eigenvalue weighted by atomic mass is 9.88. The van der Waals surface area contributed by atoms with E-state index >= 15 is 0 Å². The van der Waals surface area contributed by atoms with Gasteiger partial charge >= 0.3 is 0 Å². The number of hydrogen-bond donors (Lipinski definition) is 1. The lowest BCUT2D eigenvalue weighted by Crippen LogP contribution is -2.37. The number of alkyl halides is 1. The van der Waals surface area contributed by atoms with Gasteiger partial charge in [0.25, 0.3) is 0 Å². The number of nitrogens with one attached hydrogen (secondary N) is 1. The third-order valence-corrected chi connectivity index (χ3v) is 5.00. The summed E-state index contributed by atoms with van der Waals surface area (Å²) in [7, 11) is 0. The van der Waals surface area contributed by atoms with Crippen LogP contribution in [-0.4, -0.2) is 17.3 Å². The van der Waals surface area contributed by atoms with Crippen molar-refractivity contribution < 1.29 is 4.79 Å². The Hall–Kier alpha value is -0.0500. The third kappa shape index (κ3) is 3.46. The van der Waals surface area contributed by atoms with E-state index in [9.17, 15) is 4.79 Å². The molecular formula is C14H24BrNO. The van der Waals surface area contributed by atoms with E-state index in [2.05, 4.69) is 35.1 Å². The zero-order valence-corrected chi connectivity index (χ0v) is 12.5. The van der Waals surface area contributed by atoms with E-state index in [4.69, 9.17) is 0 Å². The number of fused-ring (bicyclic) bond motifs is 2. The highest BCUT2D eigenvalue weighted by molar-refractivity contribution is 9.09. The molecule has 2 rings (SSSR count). The van der Waals surface area contributed by atoms with Crippen LogP contribution in [0.15, 0.2) is 0 Å². The molecule has 0 heterocycles. The Bertz CT molecular complexity index is 279. The molecule has 1 amide bonds. The molecule has 0 aliphatic heterocycles. The van der Waals surface area contributed by atoms with Crippen molar-refractivity contribution in [2.75, 3.05) is 6.54 Å². The average Bonchev–Trinajstić information content (AvgIpc) is 2.86. The van der Waals surface area contributed by atoms with Gasteiger partial charge in [0.15, 0.2) is 0 Å². The zero-order chi connectivity index (χ0) is 12.4. The van der Waals surface area contributed by atoms with Gasteiger partial charge in [0.2, 0.25) is 5.91 Å². The van der Waals surface area contributed by atoms with E-state index in [-0.39, 0.29) is 0 Å². The van der Waals surface area contributed by atoms with Crippen LogP contribution in [0.1, 0.15) is 46.0 Å². The second-order valence-electron chi connectivity index (χ2n) is 6.25. The van der Waals surface area contributed by atoms with Gasteiger partial charge in [-0.25, -0.2) is 0 Å². The van der Waals surface area contributed by atoms with Crippen molar-refractivity contribution in [1.29, 1.82) is 0 Å². The van der Waals surface area contributed by atoms with Gasteiger partial charge in [-0.15, -0.1) is 0 Å². The number of carbonyl (C=O) groups is 1. The van der Waals surface area contributed by atoms with Crippen LogP contribution in [0, 0.1) is 23.7 Å². The summed E-state index contributed by atoms with van der Waals surface area (Å²) < 4.78 is 0. The molecule has 0 saturated heterocycles. The molecule has 0 aromatic carbocycles. The molecule has 2 saturated carbocycles. The highest BCUT2D eigenvalue weighted by Gasteiger charge is 2.42. The fraction of sp³-hybridized carbons (Fsp3) is 0.929. The van der Waals surface area contributed by atoms with Crippen LogP contribution >= 0.6 is 15.9 Å². The molecule has 2 aliphatic carbocycles. The minimum Gasteiger partial charge on any atom is -0.355 e. The summed E-state index contributed by atoms with van der Waals surface area (Å²) >= 11 is 3.64. The van der Waals surface area contributed by atoms with E-state index in [1.807, 2.05) is 0 Å². The first-order chi connectivity index (χ1) is 8.06. The predicted octanol–water partition coefficient (Wildman–Crippen LogP) is 3.35. The van der Waals surface area contributed by atoms with Crippen LogP contribution in [0.25, 0.3) is 0 Å². The first-order valence-corrected chi connectivity index (χ1v) is 7.89. The standard InChI is InChI=1S/C14H24BrNO/c1-9(2)5-12(15)8-16-14(17)13-7-10-3-4-11(13)6-10/h9-13H,3-8H2,1-2H3,(H,16,17). The molecular weight excluding hydrogens is 278 g/mol. The minimum absolute atomic E-state index is 0.311. The maximum atomic E-state index is 12.1. The third-order valence-electron chi connectivity index (χ3n) is 4.30. The fourth-order valence-corrected chi connectivity index (χ4v) is 4.41. The van der Waals surface area contributed by atoms with Gasteiger partial charge < -0.3 is 5.32 Å². The average molecular weight is 302 g/mol. The molecule has 0 aromatic rings. The van der Waals surface area contributed by atoms with Crippen molar-refractivity contribution in [3.63, 3.8) is 0 Å². The van der Waals surface area contributed by atoms with Crippen molar-refractivity contribution in [3.8, 4) is 0 Å². The molecule has 98 valence electrons. The molecule has 2 nitrogen and oxygen atoms in total. The van der Waals surface area contributed by atoms with Gasteiger partial charge in [0.1, 0.15) is 0 Å². The maximum Gasteiger partial charge on any atom is 0.223 e. The lowest BCUT2D eigenvalue weighted by Gasteiger charge is -2.22. The van der Waals surface area contributed by atoms with Crippen molar-refractivity contribution in [3.05, 3.63) is 0 Å². The second kappa shape index (κ2) is 5.73. The molecule has 17 heavy (non-hydrogen) atoms. The van der Waals surface area contributed by atoms with Gasteiger partial charge in [-0.2, -0.15) is 0 Å². The Kier molecular flexibility index (Phi) is 4.51. The van der Waals surface area contributed by atoms with Gasteiger partial charge in [-0.05, 0) is 43.4 Å². The Morgan fingerprint density at radius 3 is 2.65 bits per heavy atom. The van der Waals surface area contributed by atoms with E-state index in [1.165, 1.54) is 19.3 Å². The predicted molar refractivity (Wildman–Crippen MR) is 74.1 cm³/mol. The Morgan fingerprint density at radius 1 is 1.35 bits per heavy atom. The topological polar surface area (TPSA) is 29.1 Å². The summed E-state index contributed by atoms with van der Waals surface area (Å²) in [6, 6.07) is 0. The number of amides is 1. The Morgan fingerprint density at radius 2 is 2.12 bits per heavy atom. The van der Waals surface area contributed by atoms with Crippen LogP contribution in [0.2, 0.25) is 0 Å². The van der Waals surface area contributed by atoms with E-state index in [1.54, 1.807) is 0 Å². The first-order valence-electron chi connectivity index (χ1n) is 6.98. The first kappa shape index (κ1) is 13.4. The highest BCUT2D eigenvalue weighted by atomic mass is 79.9. The Balaban J connectivity index is 1.71. The number of rotatable bonds is 5. The second-order valence-corrected chi connectivity index (χ2v) is 7.55. The van der Waals surface area contributed by atoms with Crippen molar-refractivity contribution in [2.24, 2.45) is 23.7 Å². The largest absolute Gasteiger partial charge is 0.355 e. The summed E-state index contributed by atoms with van der Waals surface area (Å²) in [5.41, 5.74) is 0. The van der Waals surface area contributed by atoms with E-state index < -0.39 is 0 Å². The molecule has 1 N–H and O–H groups in total. The van der Waals surface area contributed by atoms with Crippen LogP contribution in [0.3, 0.4) is 0 Å². The molecule has 2 bridgehead atoms. The summed E-state index contributed by atoms with van der Waals surface area (Å²) in [6.07, 6.45) is 6.22. The molecule has 0 spiro atoms. The number of halogens is 1. The van der Waals surface area contributed by atoms with Gasteiger partial charge in [0.05, 0.1) is 0 Å². The van der Waals surface area contributed by atoms with Crippen LogP contribution in [-0.2, 0) is 4.79 Å². The molecule has 4 atom stereocenters. The number of carbonyl (C=O) groups excluding carboxylic acids is 1. The highest BCUT2D eigenvalue weighted by Crippen LogP contribution is 2.48. The summed E-state index contributed by atoms with van der Waals surface area (Å²) in [6.45, 7) is 5.21. The zero-order valence-electron chi connectivity index (χ0n) is 10.9. The summed E-state index contributed by atoms with van der Waals surface area (Å²) in [5.74, 6) is 2.86. The van der Waals surface area contributed by atoms with Crippen LogP contribution in [0.5, 0.6) is 0 Å². The van der Waals surface area contributed by atoms with Crippen molar-refractivity contribution in [1.82, 2.24) is 5.32 Å². The van der Waals surface area contributed by atoms with E-state index in [0.717, 1.165) is 25.3 Å². The molecule has 3 heteroatoms. The lowest BCUT2D eigenvalue weighted by molar-refractivity contribution is -0.126. The van der Waals surface area contributed by atoms with Crippen molar-refractivity contribution in [2.45, 2.75) is 50.8 Å². The molecule has 0 radical (unpaired) electrons. The maximum absolute atomic E-state index is 12.1. The molecule has 2 aliphatic rings. The quantitative estimate of drug-likeness (QED) is 0.775. The van der Waals surface area contributed by atoms with Crippen LogP contribution in [0.4, 0.5) is 0 Å². The monoisotopic (exact) mass is 301 g/mol. The smallest absolute Gasteiger partial charge is 0.223 e. The van der Waals surface area contributed by atoms with Gasteiger partial charge in [-0.1, -0.05) is 36.2 Å². The van der Waals surface area contributed by atoms with Gasteiger partial charge in [0, 0.05) is 17.3 Å². The minimum atomic E-state index is 0.311. The summed E-state index contributed by atoms with van der Waals surface area (Å²) in [5, 5.41) is 3.13. The van der Waals surface area contributed by atoms with Crippen molar-refractivity contribution >= 4 is 21.8 Å². The molecule has 2 fully saturated rings.